The summed E-state index contributed by atoms with van der Waals surface area (Å²) in [5.41, 5.74) is 0. The molecule has 0 atom stereocenters. The molecule has 0 aliphatic carbocycles. The molecule has 0 saturated heterocycles. The van der Waals surface area contributed by atoms with Crippen molar-refractivity contribution in [3.63, 3.8) is 0 Å². The predicted molar refractivity (Wildman–Crippen MR) is 21.2 cm³/mol. The van der Waals surface area contributed by atoms with E-state index in [9.17, 15) is 0 Å². The second-order valence-electron chi connectivity index (χ2n) is 0.334. The molecule has 0 aromatic carbocycles. The van der Waals surface area contributed by atoms with Crippen LogP contribution in [0.3, 0.4) is 0 Å². The number of alkyl halides is 2. The van der Waals surface area contributed by atoms with Gasteiger partial charge in [0, 0.05) is 3.70 Å². The van der Waals surface area contributed by atoms with Crippen LogP contribution >= 0.6 is 23.2 Å². The van der Waals surface area contributed by atoms with Crippen LogP contribution in [0.2, 0.25) is 0 Å². The van der Waals surface area contributed by atoms with Crippen LogP contribution in [0, 0.1) is 0 Å². The van der Waals surface area contributed by atoms with Crippen molar-refractivity contribution < 1.29 is 0 Å². The van der Waals surface area contributed by atoms with E-state index in [1.54, 1.807) is 0 Å². The molecule has 0 saturated carbocycles. The summed E-state index contributed by atoms with van der Waals surface area (Å²) >= 11 is 12.2. The molecule has 0 heterocycles. The molecule has 0 fully saturated rings. The normalized spacial score (nSPS) is 8.75. The van der Waals surface area contributed by atoms with Gasteiger partial charge in [-0.25, -0.2) is 0 Å². The molecular formula is CHAlCl2. The van der Waals surface area contributed by atoms with Gasteiger partial charge in [-0.1, -0.05) is 0 Å². The minimum Gasteiger partial charge on any atom is -0.126 e. The third kappa shape index (κ3) is 11.2. The Bertz CT molecular complexity index is 10.8. The SMILES string of the molecule is [Al][CH](Cl)Cl. The quantitative estimate of drug-likeness (QED) is 0.322. The maximum atomic E-state index is 5.00. The lowest BCUT2D eigenvalue weighted by molar-refractivity contribution is 1.96. The molecule has 0 rings (SSSR count). The number of hydrogen-bond acceptors (Lipinski definition) is 0. The van der Waals surface area contributed by atoms with E-state index in [0.29, 0.717) is 0 Å². The topological polar surface area (TPSA) is 0 Å². The highest BCUT2D eigenvalue weighted by molar-refractivity contribution is 6.60. The molecule has 0 unspecified atom stereocenters. The third-order valence-electron chi connectivity index (χ3n) is 0. The van der Waals surface area contributed by atoms with Crippen molar-refractivity contribution in [3.05, 3.63) is 0 Å². The number of halogens is 2. The van der Waals surface area contributed by atoms with Crippen molar-refractivity contribution in [1.82, 2.24) is 0 Å². The van der Waals surface area contributed by atoms with Crippen LogP contribution in [0.15, 0.2) is 0 Å². The molecule has 3 heteroatoms. The minimum atomic E-state index is -0.306. The van der Waals surface area contributed by atoms with Gasteiger partial charge >= 0.3 is 0 Å². The summed E-state index contributed by atoms with van der Waals surface area (Å²) in [4.78, 5) is 0. The summed E-state index contributed by atoms with van der Waals surface area (Å²) in [5, 5.41) is 0. The van der Waals surface area contributed by atoms with E-state index in [1.807, 2.05) is 0 Å². The molecule has 0 nitrogen and oxygen atoms in total. The van der Waals surface area contributed by atoms with Crippen LogP contribution in [-0.2, 0) is 0 Å². The molecule has 0 aliphatic heterocycles. The largest absolute Gasteiger partial charge is 0.177 e. The summed E-state index contributed by atoms with van der Waals surface area (Å²) in [6.45, 7) is 0. The van der Waals surface area contributed by atoms with E-state index in [2.05, 4.69) is 16.3 Å². The molecule has 0 aromatic heterocycles. The van der Waals surface area contributed by atoms with E-state index in [4.69, 9.17) is 23.2 Å². The molecule has 22 valence electrons. The van der Waals surface area contributed by atoms with Crippen molar-refractivity contribution in [1.29, 1.82) is 0 Å². The van der Waals surface area contributed by atoms with Crippen LogP contribution in [-0.4, -0.2) is 20.0 Å². The Balaban J connectivity index is 2.32. The van der Waals surface area contributed by atoms with Gasteiger partial charge in [0.05, 0.1) is 0 Å². The zero-order chi connectivity index (χ0) is 3.58. The van der Waals surface area contributed by atoms with E-state index in [0.717, 1.165) is 0 Å². The molecule has 0 amide bonds. The fourth-order valence-electron chi connectivity index (χ4n) is 0. The van der Waals surface area contributed by atoms with Gasteiger partial charge in [0.25, 0.3) is 0 Å². The number of hydrogen-bond donors (Lipinski definition) is 0. The molecule has 0 spiro atoms. The van der Waals surface area contributed by atoms with Gasteiger partial charge < -0.3 is 0 Å². The first kappa shape index (κ1) is 5.11. The van der Waals surface area contributed by atoms with Crippen molar-refractivity contribution in [2.75, 3.05) is 0 Å². The Hall–Kier alpha value is 1.11. The van der Waals surface area contributed by atoms with Gasteiger partial charge in [0.1, 0.15) is 0 Å². The average Bonchev–Trinajstić information content (AvgIpc) is 0.811. The zero-order valence-electron chi connectivity index (χ0n) is 1.91. The highest BCUT2D eigenvalue weighted by atomic mass is 35.5. The van der Waals surface area contributed by atoms with Gasteiger partial charge in [-0.3, -0.25) is 0 Å². The van der Waals surface area contributed by atoms with E-state index < -0.39 is 0 Å². The first-order chi connectivity index (χ1) is 1.73. The summed E-state index contributed by atoms with van der Waals surface area (Å²) in [5.74, 6) is 0. The lowest BCUT2D eigenvalue weighted by atomic mass is 11.9. The Morgan fingerprint density at radius 3 is 1.50 bits per heavy atom. The van der Waals surface area contributed by atoms with Crippen molar-refractivity contribution in [3.8, 4) is 0 Å². The molecule has 0 aromatic rings. The molecule has 0 bridgehead atoms. The Labute approximate surface area is 43.5 Å². The maximum Gasteiger partial charge on any atom is 0.177 e. The fourth-order valence-corrected chi connectivity index (χ4v) is 0. The fraction of sp³-hybridized carbons (Fsp3) is 1.00. The standard InChI is InChI=1S/CHCl2.Al/c2-1-3;/h1H;. The monoisotopic (exact) mass is 110 g/mol. The van der Waals surface area contributed by atoms with Gasteiger partial charge in [-0.05, 0) is 0 Å². The smallest absolute Gasteiger partial charge is 0.126 e. The van der Waals surface area contributed by atoms with Crippen LogP contribution in [0.1, 0.15) is 0 Å². The van der Waals surface area contributed by atoms with Gasteiger partial charge in [-0.15, -0.1) is 23.2 Å². The van der Waals surface area contributed by atoms with E-state index in [1.165, 1.54) is 0 Å². The van der Waals surface area contributed by atoms with Crippen molar-refractivity contribution in [2.24, 2.45) is 0 Å². The zero-order valence-corrected chi connectivity index (χ0v) is 4.58. The average molecular weight is 111 g/mol. The van der Waals surface area contributed by atoms with E-state index in [-0.39, 0.29) is 3.70 Å². The second kappa shape index (κ2) is 2.36. The van der Waals surface area contributed by atoms with Crippen LogP contribution in [0.5, 0.6) is 0 Å². The first-order valence-corrected chi connectivity index (χ1v) is 2.31. The Morgan fingerprint density at radius 1 is 1.50 bits per heavy atom. The lowest BCUT2D eigenvalue weighted by Crippen LogP contribution is -1.75. The molecule has 0 aliphatic rings. The van der Waals surface area contributed by atoms with Crippen molar-refractivity contribution >= 4 is 39.5 Å². The summed E-state index contributed by atoms with van der Waals surface area (Å²) in [6.07, 6.45) is 0. The van der Waals surface area contributed by atoms with Crippen LogP contribution in [0.25, 0.3) is 0 Å². The molecule has 0 N–H and O–H groups in total. The van der Waals surface area contributed by atoms with Gasteiger partial charge in [0.2, 0.25) is 0 Å². The minimum absolute atomic E-state index is 0.306. The summed E-state index contributed by atoms with van der Waals surface area (Å²) in [7, 11) is 0. The second-order valence-corrected chi connectivity index (χ2v) is 3.01. The molecular weight excluding hydrogens is 110 g/mol. The highest BCUT2D eigenvalue weighted by Crippen LogP contribution is 1.90. The van der Waals surface area contributed by atoms with Gasteiger partial charge in [-0.2, -0.15) is 0 Å². The Morgan fingerprint density at radius 2 is 1.50 bits per heavy atom. The lowest BCUT2D eigenvalue weighted by Gasteiger charge is -1.73. The third-order valence-corrected chi connectivity index (χ3v) is 0. The number of rotatable bonds is 0. The van der Waals surface area contributed by atoms with Crippen LogP contribution < -0.4 is 0 Å². The highest BCUT2D eigenvalue weighted by Gasteiger charge is 1.74. The van der Waals surface area contributed by atoms with E-state index >= 15 is 0 Å². The van der Waals surface area contributed by atoms with Gasteiger partial charge in [0.15, 0.2) is 16.3 Å². The molecule has 4 heavy (non-hydrogen) atoms. The van der Waals surface area contributed by atoms with Crippen LogP contribution in [0.4, 0.5) is 0 Å². The summed E-state index contributed by atoms with van der Waals surface area (Å²) in [6, 6.07) is 0. The first-order valence-electron chi connectivity index (χ1n) is 0.770. The predicted octanol–water partition coefficient (Wildman–Crippen LogP) is 0.916. The van der Waals surface area contributed by atoms with Crippen molar-refractivity contribution in [2.45, 2.75) is 3.70 Å². The Kier molecular flexibility index (Phi) is 3.01. The maximum absolute atomic E-state index is 5.00. The molecule has 2 radical (unpaired) electrons. The summed E-state index contributed by atoms with van der Waals surface area (Å²) < 4.78 is -0.306.